The van der Waals surface area contributed by atoms with Crippen LogP contribution in [-0.4, -0.2) is 58.6 Å². The molecule has 0 amide bonds. The number of piperidine rings is 1. The summed E-state index contributed by atoms with van der Waals surface area (Å²) in [5.74, 6) is 0. The van der Waals surface area contributed by atoms with Crippen molar-refractivity contribution in [2.75, 3.05) is 24.6 Å². The van der Waals surface area contributed by atoms with Gasteiger partial charge in [-0.15, -0.1) is 11.3 Å². The number of piperazine rings is 1. The van der Waals surface area contributed by atoms with Crippen LogP contribution in [0.5, 0.6) is 0 Å². The molecule has 4 aliphatic rings. The normalized spacial score (nSPS) is 25.1. The fourth-order valence-electron chi connectivity index (χ4n) is 4.44. The van der Waals surface area contributed by atoms with Crippen LogP contribution in [0.15, 0.2) is 28.1 Å². The van der Waals surface area contributed by atoms with E-state index in [2.05, 4.69) is 15.3 Å². The van der Waals surface area contributed by atoms with Gasteiger partial charge in [-0.05, 0) is 25.3 Å². The van der Waals surface area contributed by atoms with Crippen LogP contribution in [0.2, 0.25) is 0 Å². The van der Waals surface area contributed by atoms with Gasteiger partial charge in [-0.25, -0.2) is 4.98 Å². The molecule has 1 saturated carbocycles. The van der Waals surface area contributed by atoms with Crippen molar-refractivity contribution in [3.8, 4) is 10.6 Å². The number of oxazole rings is 1. The maximum absolute atomic E-state index is 14.0. The van der Waals surface area contributed by atoms with Gasteiger partial charge in [0, 0.05) is 42.3 Å². The van der Waals surface area contributed by atoms with Gasteiger partial charge < -0.3 is 24.5 Å². The Balaban J connectivity index is 1.44. The van der Waals surface area contributed by atoms with Crippen molar-refractivity contribution in [2.24, 2.45) is 0 Å². The van der Waals surface area contributed by atoms with Crippen LogP contribution in [0.1, 0.15) is 30.9 Å². The van der Waals surface area contributed by atoms with Gasteiger partial charge in [0.05, 0.1) is 17.8 Å². The van der Waals surface area contributed by atoms with Gasteiger partial charge in [0.1, 0.15) is 10.5 Å². The molecule has 4 fully saturated rings. The van der Waals surface area contributed by atoms with Gasteiger partial charge in [-0.1, -0.05) is 6.07 Å². The molecule has 2 bridgehead atoms. The number of alkyl halides is 3. The van der Waals surface area contributed by atoms with Crippen molar-refractivity contribution in [1.29, 1.82) is 0 Å². The highest BCUT2D eigenvalue weighted by atomic mass is 32.1. The summed E-state index contributed by atoms with van der Waals surface area (Å²) in [4.78, 5) is 10.8. The summed E-state index contributed by atoms with van der Waals surface area (Å²) in [6.45, 7) is 1.01. The molecule has 0 radical (unpaired) electrons. The number of hydrogen-bond donors (Lipinski definition) is 2. The lowest BCUT2D eigenvalue weighted by Gasteiger charge is -2.47. The molecule has 3 aliphatic heterocycles. The molecule has 7 rings (SSSR count). The summed E-state index contributed by atoms with van der Waals surface area (Å²) in [5, 5.41) is 15.9. The fraction of sp³-hybridized carbons (Fsp3) is 0.524. The lowest BCUT2D eigenvalue weighted by Crippen LogP contribution is -2.67. The minimum absolute atomic E-state index is 0.116. The predicted molar refractivity (Wildman–Crippen MR) is 112 cm³/mol. The molecule has 2 aromatic heterocycles. The minimum atomic E-state index is -4.67. The summed E-state index contributed by atoms with van der Waals surface area (Å²) in [6, 6.07) is 3.95. The van der Waals surface area contributed by atoms with E-state index in [0.29, 0.717) is 54.6 Å². The summed E-state index contributed by atoms with van der Waals surface area (Å²) < 4.78 is 53.4. The average molecular weight is 466 g/mol. The smallest absolute Gasteiger partial charge is 0.418 e. The molecule has 3 unspecified atom stereocenters. The van der Waals surface area contributed by atoms with E-state index in [4.69, 9.17) is 9.15 Å². The summed E-state index contributed by atoms with van der Waals surface area (Å²) >= 11 is 1.38. The third-order valence-electron chi connectivity index (χ3n) is 6.34. The molecule has 0 spiro atoms. The highest BCUT2D eigenvalue weighted by molar-refractivity contribution is 7.13. The molecule has 2 N–H and O–H groups in total. The van der Waals surface area contributed by atoms with Gasteiger partial charge in [-0.2, -0.15) is 18.2 Å². The Morgan fingerprint density at radius 1 is 1.31 bits per heavy atom. The number of aromatic nitrogens is 2. The second-order valence-electron chi connectivity index (χ2n) is 8.87. The van der Waals surface area contributed by atoms with E-state index in [0.717, 1.165) is 6.42 Å². The lowest BCUT2D eigenvalue weighted by molar-refractivity contribution is -0.230. The first kappa shape index (κ1) is 20.4. The van der Waals surface area contributed by atoms with Crippen molar-refractivity contribution in [1.82, 2.24) is 15.3 Å². The maximum atomic E-state index is 14.0. The van der Waals surface area contributed by atoms with Crippen LogP contribution in [0.4, 0.5) is 19.2 Å². The van der Waals surface area contributed by atoms with E-state index in [9.17, 15) is 18.3 Å². The van der Waals surface area contributed by atoms with E-state index in [-0.39, 0.29) is 23.3 Å². The third-order valence-corrected chi connectivity index (χ3v) is 7.15. The second-order valence-corrected chi connectivity index (χ2v) is 9.77. The number of nitrogens with one attached hydrogen (secondary N) is 1. The number of anilines is 1. The standard InChI is InChI=1S/C21H21F3N4O3S/c22-21(23,24)17(30-10-20(29)3-4-20)13-1-2-14(18-25-5-6-32-18)16-15(13)27-19(31-16)28-8-11-7-12(9-28)26-11/h1-2,5-6,11-12,17,26,29H,3-4,7-10H2. The number of nitrogens with zero attached hydrogens (tertiary/aromatic N) is 3. The SMILES string of the molecule is OC1(COC(c2ccc(-c3nccs3)c3oc(N4CC5CC(C4)N5)nc23)C(F)(F)F)CC1. The zero-order chi connectivity index (χ0) is 22.1. The predicted octanol–water partition coefficient (Wildman–Crippen LogP) is 3.65. The van der Waals surface area contributed by atoms with Crippen LogP contribution in [0.25, 0.3) is 21.7 Å². The molecular formula is C21H21F3N4O3S. The molecule has 3 saturated heterocycles. The Morgan fingerprint density at radius 2 is 2.06 bits per heavy atom. The second kappa shape index (κ2) is 7.14. The molecular weight excluding hydrogens is 445 g/mol. The van der Waals surface area contributed by atoms with E-state index in [1.807, 2.05) is 4.90 Å². The first-order chi connectivity index (χ1) is 15.3. The molecule has 5 heterocycles. The van der Waals surface area contributed by atoms with E-state index in [1.54, 1.807) is 17.6 Å². The van der Waals surface area contributed by atoms with Crippen molar-refractivity contribution in [3.63, 3.8) is 0 Å². The first-order valence-corrected chi connectivity index (χ1v) is 11.4. The third kappa shape index (κ3) is 3.57. The Labute approximate surface area is 185 Å². The van der Waals surface area contributed by atoms with Gasteiger partial charge in [-0.3, -0.25) is 0 Å². The van der Waals surface area contributed by atoms with Crippen LogP contribution < -0.4 is 10.2 Å². The number of benzene rings is 1. The van der Waals surface area contributed by atoms with Gasteiger partial charge >= 0.3 is 6.18 Å². The lowest BCUT2D eigenvalue weighted by atomic mass is 9.92. The summed E-state index contributed by atoms with van der Waals surface area (Å²) in [7, 11) is 0. The molecule has 7 nitrogen and oxygen atoms in total. The zero-order valence-corrected chi connectivity index (χ0v) is 17.7. The van der Waals surface area contributed by atoms with Gasteiger partial charge in [0.25, 0.3) is 6.01 Å². The number of aliphatic hydroxyl groups is 1. The van der Waals surface area contributed by atoms with Crippen LogP contribution in [-0.2, 0) is 4.74 Å². The van der Waals surface area contributed by atoms with Gasteiger partial charge in [0.2, 0.25) is 0 Å². The Bertz CT molecular complexity index is 1130. The molecule has 3 atom stereocenters. The summed E-state index contributed by atoms with van der Waals surface area (Å²) in [5.41, 5.74) is -0.306. The van der Waals surface area contributed by atoms with Crippen molar-refractivity contribution in [3.05, 3.63) is 29.3 Å². The van der Waals surface area contributed by atoms with Crippen molar-refractivity contribution in [2.45, 2.75) is 49.2 Å². The number of rotatable bonds is 6. The highest BCUT2D eigenvalue weighted by Crippen LogP contribution is 2.45. The topological polar surface area (TPSA) is 83.7 Å². The number of thiazole rings is 1. The largest absolute Gasteiger partial charge is 0.423 e. The number of ether oxygens (including phenoxy) is 1. The first-order valence-electron chi connectivity index (χ1n) is 10.5. The Hall–Kier alpha value is -2.21. The molecule has 3 aromatic rings. The highest BCUT2D eigenvalue weighted by Gasteiger charge is 2.48. The van der Waals surface area contributed by atoms with E-state index >= 15 is 0 Å². The number of fused-ring (bicyclic) bond motifs is 3. The zero-order valence-electron chi connectivity index (χ0n) is 16.9. The maximum Gasteiger partial charge on any atom is 0.418 e. The quantitative estimate of drug-likeness (QED) is 0.574. The number of halogens is 3. The molecule has 11 heteroatoms. The minimum Gasteiger partial charge on any atom is -0.423 e. The van der Waals surface area contributed by atoms with Crippen LogP contribution >= 0.6 is 11.3 Å². The fourth-order valence-corrected chi connectivity index (χ4v) is 5.10. The Kier molecular flexibility index (Phi) is 4.55. The number of hydrogen-bond acceptors (Lipinski definition) is 8. The molecule has 1 aromatic carbocycles. The van der Waals surface area contributed by atoms with E-state index in [1.165, 1.54) is 17.4 Å². The van der Waals surface area contributed by atoms with Gasteiger partial charge in [0.15, 0.2) is 11.7 Å². The molecule has 32 heavy (non-hydrogen) atoms. The van der Waals surface area contributed by atoms with Crippen LogP contribution in [0.3, 0.4) is 0 Å². The van der Waals surface area contributed by atoms with Crippen LogP contribution in [0, 0.1) is 0 Å². The monoisotopic (exact) mass is 466 g/mol. The molecule has 170 valence electrons. The summed E-state index contributed by atoms with van der Waals surface area (Å²) in [6.07, 6.45) is -3.28. The Morgan fingerprint density at radius 3 is 2.69 bits per heavy atom. The average Bonchev–Trinajstić information content (AvgIpc) is 3.13. The van der Waals surface area contributed by atoms with Crippen molar-refractivity contribution < 1.29 is 27.4 Å². The molecule has 1 aliphatic carbocycles. The van der Waals surface area contributed by atoms with E-state index < -0.39 is 17.9 Å². The van der Waals surface area contributed by atoms with Crippen molar-refractivity contribution >= 4 is 28.5 Å².